The fraction of sp³-hybridized carbons (Fsp3) is 0.400. The minimum absolute atomic E-state index is 0.0608. The molecule has 19 heavy (non-hydrogen) atoms. The first-order valence-electron chi connectivity index (χ1n) is 5.18. The number of anilines is 1. The third-order valence-electron chi connectivity index (χ3n) is 2.10. The zero-order valence-corrected chi connectivity index (χ0v) is 10.6. The number of hydrogen-bond donors (Lipinski definition) is 1. The predicted molar refractivity (Wildman–Crippen MR) is 62.5 cm³/mol. The number of rotatable bonds is 4. The second kappa shape index (κ2) is 5.17. The smallest absolute Gasteiger partial charge is 0.391 e. The molecule has 0 amide bonds. The number of hydrogen-bond acceptors (Lipinski definition) is 6. The lowest BCUT2D eigenvalue weighted by Gasteiger charge is -2.04. The molecule has 2 N–H and O–H groups in total. The van der Waals surface area contributed by atoms with E-state index in [0.717, 1.165) is 5.56 Å². The molecule has 0 saturated heterocycles. The first-order valence-corrected chi connectivity index (χ1v) is 6.00. The third kappa shape index (κ3) is 3.67. The van der Waals surface area contributed by atoms with Crippen molar-refractivity contribution in [1.29, 1.82) is 0 Å². The van der Waals surface area contributed by atoms with Crippen LogP contribution in [0.5, 0.6) is 0 Å². The first kappa shape index (κ1) is 13.8. The number of nitrogen functional groups attached to an aromatic ring is 1. The van der Waals surface area contributed by atoms with Gasteiger partial charge in [0.25, 0.3) is 5.89 Å². The van der Waals surface area contributed by atoms with Gasteiger partial charge in [-0.1, -0.05) is 5.16 Å². The highest BCUT2D eigenvalue weighted by atomic mass is 32.1. The molecular weight excluding hydrogens is 283 g/mol. The van der Waals surface area contributed by atoms with Gasteiger partial charge in [-0.3, -0.25) is 0 Å². The van der Waals surface area contributed by atoms with Crippen molar-refractivity contribution in [2.45, 2.75) is 19.7 Å². The Bertz CT molecular complexity index is 565. The second-order valence-corrected chi connectivity index (χ2v) is 4.87. The van der Waals surface area contributed by atoms with Crippen LogP contribution < -0.4 is 5.73 Å². The van der Waals surface area contributed by atoms with Gasteiger partial charge < -0.3 is 15.0 Å². The van der Waals surface area contributed by atoms with Gasteiger partial charge in [-0.15, -0.1) is 11.3 Å². The maximum atomic E-state index is 11.9. The largest absolute Gasteiger partial charge is 0.411 e. The van der Waals surface area contributed by atoms with E-state index in [9.17, 15) is 13.2 Å². The SMILES string of the molecule is Cc1cc(N)sc1-c1nc(COCC(F)(F)F)no1. The Morgan fingerprint density at radius 1 is 1.47 bits per heavy atom. The van der Waals surface area contributed by atoms with Gasteiger partial charge in [-0.05, 0) is 18.6 Å². The highest BCUT2D eigenvalue weighted by Gasteiger charge is 2.27. The van der Waals surface area contributed by atoms with Crippen LogP contribution >= 0.6 is 11.3 Å². The molecular formula is C10H10F3N3O2S. The zero-order valence-electron chi connectivity index (χ0n) is 9.82. The van der Waals surface area contributed by atoms with Crippen molar-refractivity contribution >= 4 is 16.3 Å². The standard InChI is InChI=1S/C10H10F3N3O2S/c1-5-2-6(14)19-8(5)9-15-7(16-18-9)3-17-4-10(11,12)13/h2H,3-4,14H2,1H3. The lowest BCUT2D eigenvalue weighted by Crippen LogP contribution is -2.16. The van der Waals surface area contributed by atoms with Crippen molar-refractivity contribution in [3.05, 3.63) is 17.5 Å². The Kier molecular flexibility index (Phi) is 3.76. The van der Waals surface area contributed by atoms with E-state index < -0.39 is 12.8 Å². The molecule has 0 unspecified atom stereocenters. The molecule has 9 heteroatoms. The van der Waals surface area contributed by atoms with Crippen LogP contribution in [-0.2, 0) is 11.3 Å². The van der Waals surface area contributed by atoms with Crippen LogP contribution in [0.4, 0.5) is 18.2 Å². The summed E-state index contributed by atoms with van der Waals surface area (Å²) >= 11 is 1.27. The molecule has 0 fully saturated rings. The van der Waals surface area contributed by atoms with Crippen LogP contribution in [0.3, 0.4) is 0 Å². The van der Waals surface area contributed by atoms with Gasteiger partial charge in [0.15, 0.2) is 5.82 Å². The van der Waals surface area contributed by atoms with E-state index in [0.29, 0.717) is 9.88 Å². The normalized spacial score (nSPS) is 12.0. The maximum absolute atomic E-state index is 11.9. The number of aromatic nitrogens is 2. The Morgan fingerprint density at radius 3 is 2.79 bits per heavy atom. The summed E-state index contributed by atoms with van der Waals surface area (Å²) < 4.78 is 45.0. The number of ether oxygens (including phenoxy) is 1. The molecule has 2 aromatic heterocycles. The van der Waals surface area contributed by atoms with E-state index in [-0.39, 0.29) is 18.3 Å². The number of nitrogens with zero attached hydrogens (tertiary/aromatic N) is 2. The fourth-order valence-electron chi connectivity index (χ4n) is 1.38. The molecule has 0 aliphatic carbocycles. The minimum atomic E-state index is -4.37. The summed E-state index contributed by atoms with van der Waals surface area (Å²) in [6.07, 6.45) is -4.37. The average molecular weight is 293 g/mol. The van der Waals surface area contributed by atoms with Gasteiger partial charge >= 0.3 is 6.18 Å². The molecule has 104 valence electrons. The quantitative estimate of drug-likeness (QED) is 0.938. The maximum Gasteiger partial charge on any atom is 0.411 e. The van der Waals surface area contributed by atoms with E-state index in [1.807, 2.05) is 6.92 Å². The summed E-state index contributed by atoms with van der Waals surface area (Å²) in [5.74, 6) is 0.287. The van der Waals surface area contributed by atoms with E-state index >= 15 is 0 Å². The molecule has 0 aliphatic heterocycles. The number of thiophene rings is 1. The molecule has 2 rings (SSSR count). The van der Waals surface area contributed by atoms with Gasteiger partial charge in [0.2, 0.25) is 0 Å². The van der Waals surface area contributed by atoms with Crippen molar-refractivity contribution in [2.24, 2.45) is 0 Å². The molecule has 2 aromatic rings. The van der Waals surface area contributed by atoms with Gasteiger partial charge in [0.1, 0.15) is 13.2 Å². The van der Waals surface area contributed by atoms with Crippen LogP contribution in [-0.4, -0.2) is 22.9 Å². The molecule has 0 spiro atoms. The molecule has 0 radical (unpaired) electrons. The highest BCUT2D eigenvalue weighted by Crippen LogP contribution is 2.32. The summed E-state index contributed by atoms with van der Waals surface area (Å²) in [5.41, 5.74) is 6.50. The summed E-state index contributed by atoms with van der Waals surface area (Å²) in [4.78, 5) is 4.66. The molecule has 2 heterocycles. The van der Waals surface area contributed by atoms with Crippen LogP contribution in [0.2, 0.25) is 0 Å². The van der Waals surface area contributed by atoms with E-state index in [1.165, 1.54) is 11.3 Å². The molecule has 0 saturated carbocycles. The van der Waals surface area contributed by atoms with Crippen LogP contribution in [0.1, 0.15) is 11.4 Å². The van der Waals surface area contributed by atoms with Gasteiger partial charge in [-0.25, -0.2) is 0 Å². The summed E-state index contributed by atoms with van der Waals surface area (Å²) in [5, 5.41) is 4.15. The molecule has 0 atom stereocenters. The summed E-state index contributed by atoms with van der Waals surface area (Å²) in [6.45, 7) is 0.122. The van der Waals surface area contributed by atoms with E-state index in [1.54, 1.807) is 6.07 Å². The monoisotopic (exact) mass is 293 g/mol. The Balaban J connectivity index is 2.01. The van der Waals surface area contributed by atoms with E-state index in [2.05, 4.69) is 14.9 Å². The molecule has 0 aliphatic rings. The minimum Gasteiger partial charge on any atom is -0.391 e. The van der Waals surface area contributed by atoms with Crippen LogP contribution in [0, 0.1) is 6.92 Å². The van der Waals surface area contributed by atoms with E-state index in [4.69, 9.17) is 10.3 Å². The number of nitrogens with two attached hydrogens (primary N) is 1. The Labute approximate surface area is 110 Å². The van der Waals surface area contributed by atoms with Crippen molar-refractivity contribution in [1.82, 2.24) is 10.1 Å². The van der Waals surface area contributed by atoms with Gasteiger partial charge in [0, 0.05) is 0 Å². The Hall–Kier alpha value is -1.61. The number of aryl methyl sites for hydroxylation is 1. The fourth-order valence-corrected chi connectivity index (χ4v) is 2.24. The lowest BCUT2D eigenvalue weighted by atomic mass is 10.3. The number of halogens is 3. The van der Waals surface area contributed by atoms with Crippen LogP contribution in [0.25, 0.3) is 10.8 Å². The second-order valence-electron chi connectivity index (χ2n) is 3.78. The number of alkyl halides is 3. The summed E-state index contributed by atoms with van der Waals surface area (Å²) in [6, 6.07) is 1.75. The van der Waals surface area contributed by atoms with Crippen molar-refractivity contribution in [2.75, 3.05) is 12.3 Å². The Morgan fingerprint density at radius 2 is 2.21 bits per heavy atom. The van der Waals surface area contributed by atoms with Gasteiger partial charge in [0.05, 0.1) is 9.88 Å². The van der Waals surface area contributed by atoms with Crippen molar-refractivity contribution < 1.29 is 22.4 Å². The lowest BCUT2D eigenvalue weighted by molar-refractivity contribution is -0.177. The molecule has 0 bridgehead atoms. The van der Waals surface area contributed by atoms with Crippen molar-refractivity contribution in [3.8, 4) is 10.8 Å². The molecule has 5 nitrogen and oxygen atoms in total. The third-order valence-corrected chi connectivity index (χ3v) is 3.15. The topological polar surface area (TPSA) is 74.2 Å². The highest BCUT2D eigenvalue weighted by molar-refractivity contribution is 7.19. The zero-order chi connectivity index (χ0) is 14.0. The van der Waals surface area contributed by atoms with Gasteiger partial charge in [-0.2, -0.15) is 18.2 Å². The first-order chi connectivity index (χ1) is 8.85. The average Bonchev–Trinajstić information content (AvgIpc) is 2.83. The predicted octanol–water partition coefficient (Wildman–Crippen LogP) is 2.77. The van der Waals surface area contributed by atoms with Crippen LogP contribution in [0.15, 0.2) is 10.6 Å². The van der Waals surface area contributed by atoms with Crippen molar-refractivity contribution in [3.63, 3.8) is 0 Å². The molecule has 0 aromatic carbocycles. The summed E-state index contributed by atoms with van der Waals surface area (Å²) in [7, 11) is 0.